The van der Waals surface area contributed by atoms with Crippen LogP contribution in [-0.2, 0) is 4.79 Å². The number of carbonyl (C=O) groups excluding carboxylic acids is 2. The van der Waals surface area contributed by atoms with E-state index in [0.717, 1.165) is 25.2 Å². The highest BCUT2D eigenvalue weighted by Crippen LogP contribution is 2.44. The Bertz CT molecular complexity index is 1020. The molecule has 0 aromatic heterocycles. The summed E-state index contributed by atoms with van der Waals surface area (Å²) in [5.41, 5.74) is 1.38. The third-order valence-corrected chi connectivity index (χ3v) is 7.97. The first-order valence-electron chi connectivity index (χ1n) is 11.8. The van der Waals surface area contributed by atoms with E-state index in [1.54, 1.807) is 28.8 Å². The minimum atomic E-state index is -0.551. The van der Waals surface area contributed by atoms with E-state index in [1.165, 1.54) is 21.3 Å². The number of piperazine rings is 1. The number of hydrogen-bond acceptors (Lipinski definition) is 7. The number of amides is 2. The fourth-order valence-corrected chi connectivity index (χ4v) is 6.09. The molecule has 0 saturated carbocycles. The van der Waals surface area contributed by atoms with Crippen LogP contribution in [-0.4, -0.2) is 92.4 Å². The summed E-state index contributed by atoms with van der Waals surface area (Å²) in [6, 6.07) is 12.6. The van der Waals surface area contributed by atoms with E-state index in [-0.39, 0.29) is 17.2 Å². The van der Waals surface area contributed by atoms with E-state index in [0.29, 0.717) is 41.7 Å². The van der Waals surface area contributed by atoms with Gasteiger partial charge in [-0.15, -0.1) is 11.8 Å². The molecule has 0 radical (unpaired) electrons. The van der Waals surface area contributed by atoms with Gasteiger partial charge in [-0.25, -0.2) is 0 Å². The molecule has 9 heteroatoms. The predicted octanol–water partition coefficient (Wildman–Crippen LogP) is 3.13. The molecular formula is C26H33N3O5S. The number of nitrogens with zero attached hydrogens (tertiary/aromatic N) is 3. The van der Waals surface area contributed by atoms with Gasteiger partial charge in [0.1, 0.15) is 11.4 Å². The van der Waals surface area contributed by atoms with Crippen LogP contribution < -0.4 is 14.2 Å². The minimum absolute atomic E-state index is 0.00692. The minimum Gasteiger partial charge on any atom is -0.493 e. The molecule has 2 aromatic carbocycles. The average Bonchev–Trinajstić information content (AvgIpc) is 3.37. The standard InChI is InChI=1S/C26H33N3O5S/c1-5-27-11-13-28(14-12-27)25(31)20-17-35-26(18-9-7-6-8-10-18)29(20)24(30)19-15-21(32-2)23(34-4)22(16-19)33-3/h6-10,15-16,20,26H,5,11-14,17H2,1-4H3. The number of ether oxygens (including phenoxy) is 3. The Morgan fingerprint density at radius 1 is 0.943 bits per heavy atom. The van der Waals surface area contributed by atoms with Crippen molar-refractivity contribution in [3.05, 3.63) is 53.6 Å². The maximum Gasteiger partial charge on any atom is 0.256 e. The van der Waals surface area contributed by atoms with Crippen molar-refractivity contribution < 1.29 is 23.8 Å². The summed E-state index contributed by atoms with van der Waals surface area (Å²) >= 11 is 1.62. The monoisotopic (exact) mass is 499 g/mol. The van der Waals surface area contributed by atoms with E-state index < -0.39 is 6.04 Å². The first-order valence-corrected chi connectivity index (χ1v) is 12.9. The fourth-order valence-electron chi connectivity index (χ4n) is 4.67. The van der Waals surface area contributed by atoms with Crippen molar-refractivity contribution in [3.63, 3.8) is 0 Å². The number of thioether (sulfide) groups is 1. The summed E-state index contributed by atoms with van der Waals surface area (Å²) in [6.07, 6.45) is 0. The summed E-state index contributed by atoms with van der Waals surface area (Å²) in [7, 11) is 4.57. The highest BCUT2D eigenvalue weighted by Gasteiger charge is 2.44. The molecule has 2 heterocycles. The molecule has 2 fully saturated rings. The molecule has 2 aromatic rings. The molecule has 2 aliphatic rings. The van der Waals surface area contributed by atoms with Gasteiger partial charge in [-0.1, -0.05) is 37.3 Å². The quantitative estimate of drug-likeness (QED) is 0.580. The van der Waals surface area contributed by atoms with Crippen molar-refractivity contribution in [2.75, 3.05) is 59.8 Å². The topological polar surface area (TPSA) is 71.6 Å². The second-order valence-corrected chi connectivity index (χ2v) is 9.61. The van der Waals surface area contributed by atoms with Crippen LogP contribution in [0, 0.1) is 0 Å². The lowest BCUT2D eigenvalue weighted by Gasteiger charge is -2.37. The molecule has 4 rings (SSSR count). The zero-order chi connectivity index (χ0) is 24.9. The number of rotatable bonds is 7. The summed E-state index contributed by atoms with van der Waals surface area (Å²) < 4.78 is 16.4. The Hall–Kier alpha value is -2.91. The van der Waals surface area contributed by atoms with E-state index in [4.69, 9.17) is 14.2 Å². The average molecular weight is 500 g/mol. The zero-order valence-electron chi connectivity index (χ0n) is 20.7. The SMILES string of the molecule is CCN1CCN(C(=O)C2CSC(c3ccccc3)N2C(=O)c2cc(OC)c(OC)c(OC)c2)CC1. The third-order valence-electron chi connectivity index (χ3n) is 6.65. The van der Waals surface area contributed by atoms with Crippen molar-refractivity contribution in [2.45, 2.75) is 18.3 Å². The molecule has 35 heavy (non-hydrogen) atoms. The molecule has 0 N–H and O–H groups in total. The molecule has 2 amide bonds. The van der Waals surface area contributed by atoms with Gasteiger partial charge in [0.15, 0.2) is 11.5 Å². The maximum atomic E-state index is 14.0. The molecular weight excluding hydrogens is 466 g/mol. The normalized spacial score (nSPS) is 20.6. The Labute approximate surface area is 211 Å². The first-order chi connectivity index (χ1) is 17.0. The second kappa shape index (κ2) is 11.2. The molecule has 0 spiro atoms. The summed E-state index contributed by atoms with van der Waals surface area (Å²) in [5, 5.41) is -0.270. The van der Waals surface area contributed by atoms with E-state index in [2.05, 4.69) is 11.8 Å². The van der Waals surface area contributed by atoms with Crippen LogP contribution in [0.4, 0.5) is 0 Å². The van der Waals surface area contributed by atoms with Gasteiger partial charge < -0.3 is 28.9 Å². The van der Waals surface area contributed by atoms with Crippen molar-refractivity contribution >= 4 is 23.6 Å². The molecule has 188 valence electrons. The Morgan fingerprint density at radius 2 is 1.57 bits per heavy atom. The zero-order valence-corrected chi connectivity index (χ0v) is 21.5. The van der Waals surface area contributed by atoms with E-state index in [9.17, 15) is 9.59 Å². The van der Waals surface area contributed by atoms with Crippen LogP contribution in [0.3, 0.4) is 0 Å². The van der Waals surface area contributed by atoms with Gasteiger partial charge in [0.25, 0.3) is 5.91 Å². The van der Waals surface area contributed by atoms with Gasteiger partial charge in [-0.2, -0.15) is 0 Å². The highest BCUT2D eigenvalue weighted by molar-refractivity contribution is 7.99. The van der Waals surface area contributed by atoms with Crippen LogP contribution in [0.1, 0.15) is 28.2 Å². The molecule has 2 atom stereocenters. The molecule has 2 unspecified atom stereocenters. The van der Waals surface area contributed by atoms with Crippen LogP contribution >= 0.6 is 11.8 Å². The second-order valence-electron chi connectivity index (χ2n) is 8.50. The Balaban J connectivity index is 1.69. The molecule has 8 nitrogen and oxygen atoms in total. The number of carbonyl (C=O) groups is 2. The highest BCUT2D eigenvalue weighted by atomic mass is 32.2. The lowest BCUT2D eigenvalue weighted by Crippen LogP contribution is -2.55. The number of likely N-dealkylation sites (N-methyl/N-ethyl adjacent to an activating group) is 1. The van der Waals surface area contributed by atoms with Gasteiger partial charge >= 0.3 is 0 Å². The van der Waals surface area contributed by atoms with Gasteiger partial charge in [0.05, 0.1) is 21.3 Å². The smallest absolute Gasteiger partial charge is 0.256 e. The first kappa shape index (κ1) is 25.2. The van der Waals surface area contributed by atoms with E-state index >= 15 is 0 Å². The van der Waals surface area contributed by atoms with Crippen LogP contribution in [0.2, 0.25) is 0 Å². The van der Waals surface area contributed by atoms with Crippen LogP contribution in [0.25, 0.3) is 0 Å². The predicted molar refractivity (Wildman–Crippen MR) is 136 cm³/mol. The van der Waals surface area contributed by atoms with Crippen molar-refractivity contribution in [1.82, 2.24) is 14.7 Å². The van der Waals surface area contributed by atoms with Crippen LogP contribution in [0.5, 0.6) is 17.2 Å². The van der Waals surface area contributed by atoms with Gasteiger partial charge in [0, 0.05) is 37.5 Å². The van der Waals surface area contributed by atoms with Crippen LogP contribution in [0.15, 0.2) is 42.5 Å². The summed E-state index contributed by atoms with van der Waals surface area (Å²) in [4.78, 5) is 33.7. The number of benzene rings is 2. The van der Waals surface area contributed by atoms with Gasteiger partial charge in [0.2, 0.25) is 11.7 Å². The molecule has 2 saturated heterocycles. The Kier molecular flexibility index (Phi) is 8.07. The molecule has 0 aliphatic carbocycles. The van der Waals surface area contributed by atoms with Crippen molar-refractivity contribution in [1.29, 1.82) is 0 Å². The largest absolute Gasteiger partial charge is 0.493 e. The maximum absolute atomic E-state index is 14.0. The van der Waals surface area contributed by atoms with E-state index in [1.807, 2.05) is 35.2 Å². The fraction of sp³-hybridized carbons (Fsp3) is 0.462. The summed E-state index contributed by atoms with van der Waals surface area (Å²) in [6.45, 7) is 6.17. The summed E-state index contributed by atoms with van der Waals surface area (Å²) in [5.74, 6) is 1.53. The van der Waals surface area contributed by atoms with Gasteiger partial charge in [-0.05, 0) is 24.2 Å². The third kappa shape index (κ3) is 5.06. The lowest BCUT2D eigenvalue weighted by atomic mass is 10.1. The van der Waals surface area contributed by atoms with Crippen molar-refractivity contribution in [2.24, 2.45) is 0 Å². The lowest BCUT2D eigenvalue weighted by molar-refractivity contribution is -0.137. The van der Waals surface area contributed by atoms with Crippen molar-refractivity contribution in [3.8, 4) is 17.2 Å². The number of hydrogen-bond donors (Lipinski definition) is 0. The molecule has 0 bridgehead atoms. The molecule has 2 aliphatic heterocycles. The Morgan fingerprint density at radius 3 is 2.11 bits per heavy atom. The number of methoxy groups -OCH3 is 3. The van der Waals surface area contributed by atoms with Gasteiger partial charge in [-0.3, -0.25) is 9.59 Å².